The van der Waals surface area contributed by atoms with Gasteiger partial charge >= 0.3 is 0 Å². The van der Waals surface area contributed by atoms with Crippen molar-refractivity contribution in [3.8, 4) is 11.5 Å². The van der Waals surface area contributed by atoms with Gasteiger partial charge in [0.2, 0.25) is 0 Å². The minimum atomic E-state index is -0.0488. The Bertz CT molecular complexity index is 657. The molecule has 0 atom stereocenters. The van der Waals surface area contributed by atoms with Gasteiger partial charge in [0, 0.05) is 25.8 Å². The van der Waals surface area contributed by atoms with E-state index in [2.05, 4.69) is 5.38 Å². The summed E-state index contributed by atoms with van der Waals surface area (Å²) in [6.07, 6.45) is 0. The van der Waals surface area contributed by atoms with E-state index in [9.17, 15) is 4.79 Å². The van der Waals surface area contributed by atoms with Crippen molar-refractivity contribution < 1.29 is 19.0 Å². The third-order valence-corrected chi connectivity index (χ3v) is 4.33. The highest BCUT2D eigenvalue weighted by Gasteiger charge is 2.18. The van der Waals surface area contributed by atoms with Gasteiger partial charge in [0.15, 0.2) is 11.5 Å². The van der Waals surface area contributed by atoms with Gasteiger partial charge in [0.05, 0.1) is 19.8 Å². The third-order valence-electron chi connectivity index (χ3n) is 3.60. The lowest BCUT2D eigenvalue weighted by Gasteiger charge is -2.22. The van der Waals surface area contributed by atoms with Crippen molar-refractivity contribution in [1.82, 2.24) is 4.90 Å². The standard InChI is InChI=1S/C19H25NO4S/c1-4-23-17-7-6-16(12-18(17)24-5-2)19(21)20(9-10-22-3)13-15-8-11-25-14-15/h6-8,11-12,14H,4-5,9-10,13H2,1-3H3. The molecule has 0 aliphatic rings. The van der Waals surface area contributed by atoms with Crippen molar-refractivity contribution >= 4 is 17.2 Å². The summed E-state index contributed by atoms with van der Waals surface area (Å²) in [5.74, 6) is 1.20. The Labute approximate surface area is 153 Å². The summed E-state index contributed by atoms with van der Waals surface area (Å²) in [6.45, 7) is 6.47. The third kappa shape index (κ3) is 5.47. The molecule has 136 valence electrons. The molecule has 1 aromatic heterocycles. The minimum Gasteiger partial charge on any atom is -0.490 e. The van der Waals surface area contributed by atoms with E-state index in [1.165, 1.54) is 0 Å². The second-order valence-electron chi connectivity index (χ2n) is 5.38. The first-order valence-electron chi connectivity index (χ1n) is 8.38. The van der Waals surface area contributed by atoms with Gasteiger partial charge in [-0.25, -0.2) is 0 Å². The van der Waals surface area contributed by atoms with Gasteiger partial charge in [0.25, 0.3) is 5.91 Å². The van der Waals surface area contributed by atoms with E-state index in [1.54, 1.807) is 41.5 Å². The van der Waals surface area contributed by atoms with Gasteiger partial charge in [-0.2, -0.15) is 11.3 Å². The number of nitrogens with zero attached hydrogens (tertiary/aromatic N) is 1. The number of carbonyl (C=O) groups excluding carboxylic acids is 1. The van der Waals surface area contributed by atoms with E-state index in [0.717, 1.165) is 5.56 Å². The van der Waals surface area contributed by atoms with Crippen molar-refractivity contribution in [2.24, 2.45) is 0 Å². The van der Waals surface area contributed by atoms with Crippen LogP contribution in [-0.2, 0) is 11.3 Å². The van der Waals surface area contributed by atoms with Crippen LogP contribution in [0.4, 0.5) is 0 Å². The molecule has 6 heteroatoms. The van der Waals surface area contributed by atoms with Crippen LogP contribution >= 0.6 is 11.3 Å². The molecule has 0 radical (unpaired) electrons. The molecule has 2 rings (SSSR count). The molecule has 0 unspecified atom stereocenters. The SMILES string of the molecule is CCOc1ccc(C(=O)N(CCOC)Cc2ccsc2)cc1OCC. The normalized spacial score (nSPS) is 10.5. The molecule has 0 fully saturated rings. The maximum absolute atomic E-state index is 13.0. The van der Waals surface area contributed by atoms with E-state index >= 15 is 0 Å². The molecule has 1 aromatic carbocycles. The smallest absolute Gasteiger partial charge is 0.254 e. The summed E-state index contributed by atoms with van der Waals surface area (Å²) in [5, 5.41) is 4.06. The fraction of sp³-hybridized carbons (Fsp3) is 0.421. The first-order valence-corrected chi connectivity index (χ1v) is 9.32. The van der Waals surface area contributed by atoms with E-state index in [1.807, 2.05) is 25.3 Å². The zero-order chi connectivity index (χ0) is 18.1. The lowest BCUT2D eigenvalue weighted by atomic mass is 10.1. The molecule has 1 heterocycles. The van der Waals surface area contributed by atoms with E-state index in [-0.39, 0.29) is 5.91 Å². The summed E-state index contributed by atoms with van der Waals surface area (Å²) in [7, 11) is 1.64. The van der Waals surface area contributed by atoms with Crippen LogP contribution in [0.15, 0.2) is 35.0 Å². The van der Waals surface area contributed by atoms with Gasteiger partial charge < -0.3 is 19.1 Å². The molecule has 0 bridgehead atoms. The molecule has 0 aliphatic carbocycles. The first-order chi connectivity index (χ1) is 12.2. The Morgan fingerprint density at radius 3 is 2.52 bits per heavy atom. The number of hydrogen-bond donors (Lipinski definition) is 0. The molecule has 0 saturated heterocycles. The molecule has 2 aromatic rings. The Balaban J connectivity index is 2.22. The first kappa shape index (κ1) is 19.3. The topological polar surface area (TPSA) is 48.0 Å². The Morgan fingerprint density at radius 1 is 1.12 bits per heavy atom. The van der Waals surface area contributed by atoms with Gasteiger partial charge in [0.1, 0.15) is 0 Å². The lowest BCUT2D eigenvalue weighted by molar-refractivity contribution is 0.0680. The highest BCUT2D eigenvalue weighted by Crippen LogP contribution is 2.29. The van der Waals surface area contributed by atoms with Crippen LogP contribution in [0.5, 0.6) is 11.5 Å². The molecule has 5 nitrogen and oxygen atoms in total. The van der Waals surface area contributed by atoms with Crippen LogP contribution in [-0.4, -0.2) is 44.3 Å². The summed E-state index contributed by atoms with van der Waals surface area (Å²) < 4.78 is 16.3. The van der Waals surface area contributed by atoms with Crippen molar-refractivity contribution in [3.63, 3.8) is 0 Å². The van der Waals surface area contributed by atoms with E-state index in [0.29, 0.717) is 50.0 Å². The van der Waals surface area contributed by atoms with Crippen molar-refractivity contribution in [2.75, 3.05) is 33.5 Å². The van der Waals surface area contributed by atoms with Crippen LogP contribution in [0.2, 0.25) is 0 Å². The van der Waals surface area contributed by atoms with Gasteiger partial charge in [-0.15, -0.1) is 0 Å². The monoisotopic (exact) mass is 363 g/mol. The predicted molar refractivity (Wildman–Crippen MR) is 99.7 cm³/mol. The van der Waals surface area contributed by atoms with Crippen LogP contribution in [0.3, 0.4) is 0 Å². The maximum atomic E-state index is 13.0. The Kier molecular flexibility index (Phi) is 7.76. The Morgan fingerprint density at radius 2 is 1.88 bits per heavy atom. The molecule has 0 aliphatic heterocycles. The number of thiophene rings is 1. The lowest BCUT2D eigenvalue weighted by Crippen LogP contribution is -2.33. The molecule has 0 spiro atoms. The van der Waals surface area contributed by atoms with Gasteiger partial charge in [-0.3, -0.25) is 4.79 Å². The maximum Gasteiger partial charge on any atom is 0.254 e. The summed E-state index contributed by atoms with van der Waals surface area (Å²) in [4.78, 5) is 14.8. The molecular formula is C19H25NO4S. The minimum absolute atomic E-state index is 0.0488. The Hall–Kier alpha value is -2.05. The van der Waals surface area contributed by atoms with Gasteiger partial charge in [-0.05, 0) is 54.4 Å². The zero-order valence-corrected chi connectivity index (χ0v) is 15.8. The fourth-order valence-corrected chi connectivity index (χ4v) is 3.08. The average molecular weight is 363 g/mol. The molecular weight excluding hydrogens is 338 g/mol. The number of hydrogen-bond acceptors (Lipinski definition) is 5. The summed E-state index contributed by atoms with van der Waals surface area (Å²) in [5.41, 5.74) is 1.70. The summed E-state index contributed by atoms with van der Waals surface area (Å²) in [6, 6.07) is 7.36. The summed E-state index contributed by atoms with van der Waals surface area (Å²) >= 11 is 1.62. The average Bonchev–Trinajstić information content (AvgIpc) is 3.13. The fourth-order valence-electron chi connectivity index (χ4n) is 2.42. The zero-order valence-electron chi connectivity index (χ0n) is 15.0. The number of carbonyl (C=O) groups is 1. The second kappa shape index (κ2) is 10.1. The quantitative estimate of drug-likeness (QED) is 0.644. The van der Waals surface area contributed by atoms with Crippen molar-refractivity contribution in [3.05, 3.63) is 46.2 Å². The van der Waals surface area contributed by atoms with Crippen molar-refractivity contribution in [2.45, 2.75) is 20.4 Å². The predicted octanol–water partition coefficient (Wildman–Crippen LogP) is 3.83. The number of rotatable bonds is 10. The number of ether oxygens (including phenoxy) is 3. The highest BCUT2D eigenvalue weighted by molar-refractivity contribution is 7.07. The van der Waals surface area contributed by atoms with Gasteiger partial charge in [-0.1, -0.05) is 0 Å². The largest absolute Gasteiger partial charge is 0.490 e. The number of benzene rings is 1. The molecule has 0 saturated carbocycles. The molecule has 1 amide bonds. The van der Waals surface area contributed by atoms with Crippen LogP contribution in [0, 0.1) is 0 Å². The van der Waals surface area contributed by atoms with E-state index in [4.69, 9.17) is 14.2 Å². The van der Waals surface area contributed by atoms with E-state index < -0.39 is 0 Å². The number of methoxy groups -OCH3 is 1. The number of amides is 1. The molecule has 25 heavy (non-hydrogen) atoms. The van der Waals surface area contributed by atoms with Crippen molar-refractivity contribution in [1.29, 1.82) is 0 Å². The highest BCUT2D eigenvalue weighted by atomic mass is 32.1. The van der Waals surface area contributed by atoms with Crippen LogP contribution in [0.25, 0.3) is 0 Å². The van der Waals surface area contributed by atoms with Crippen LogP contribution in [0.1, 0.15) is 29.8 Å². The van der Waals surface area contributed by atoms with Crippen LogP contribution < -0.4 is 9.47 Å². The molecule has 0 N–H and O–H groups in total. The second-order valence-corrected chi connectivity index (χ2v) is 6.16.